The van der Waals surface area contributed by atoms with Crippen LogP contribution in [0, 0.1) is 10.1 Å². The molecule has 168 valence electrons. The number of hydrogen-bond acceptors (Lipinski definition) is 7. The Morgan fingerprint density at radius 1 is 1.25 bits per heavy atom. The zero-order valence-corrected chi connectivity index (χ0v) is 17.9. The van der Waals surface area contributed by atoms with Gasteiger partial charge in [-0.1, -0.05) is 6.92 Å². The number of Topliss-reactive ketones (excluding diaryl/α,β-unsaturated/α-hetero) is 1. The fourth-order valence-corrected chi connectivity index (χ4v) is 3.36. The molecule has 2 amide bonds. The number of ether oxygens (including phenoxy) is 2. The van der Waals surface area contributed by atoms with Crippen molar-refractivity contribution in [2.45, 2.75) is 32.8 Å². The van der Waals surface area contributed by atoms with Gasteiger partial charge in [-0.2, -0.15) is 0 Å². The third-order valence-electron chi connectivity index (χ3n) is 4.94. The molecule has 0 spiro atoms. The van der Waals surface area contributed by atoms with Crippen molar-refractivity contribution in [2.24, 2.45) is 0 Å². The van der Waals surface area contributed by atoms with E-state index >= 15 is 0 Å². The van der Waals surface area contributed by atoms with Crippen molar-refractivity contribution >= 4 is 34.7 Å². The lowest BCUT2D eigenvalue weighted by molar-refractivity contribution is -0.384. The van der Waals surface area contributed by atoms with E-state index in [-0.39, 0.29) is 29.5 Å². The van der Waals surface area contributed by atoms with Gasteiger partial charge in [0.15, 0.2) is 11.9 Å². The molecular weight excluding hydrogens is 418 g/mol. The van der Waals surface area contributed by atoms with Crippen molar-refractivity contribution in [2.75, 3.05) is 23.9 Å². The number of nitro benzene ring substituents is 1. The number of rotatable bonds is 8. The number of nitrogens with zero attached hydrogens (tertiary/aromatic N) is 2. The molecule has 0 saturated heterocycles. The molecule has 32 heavy (non-hydrogen) atoms. The second kappa shape index (κ2) is 9.46. The number of anilines is 2. The fourth-order valence-electron chi connectivity index (χ4n) is 3.36. The smallest absolute Gasteiger partial charge is 0.271 e. The first kappa shape index (κ1) is 22.7. The SMILES string of the molecule is CCCC(=O)c1ccc2c(c1)N(CC(=O)Nc1cc([N+](=O)[O-])ccc1OC)C(=O)C(C)O2. The van der Waals surface area contributed by atoms with Gasteiger partial charge in [0.2, 0.25) is 5.91 Å². The standard InChI is InChI=1S/C22H23N3O7/c1-4-5-18(26)14-6-8-20-17(10-14)24(22(28)13(2)32-20)12-21(27)23-16-11-15(25(29)30)7-9-19(16)31-3/h6-11,13H,4-5,12H2,1-3H3,(H,23,27). The summed E-state index contributed by atoms with van der Waals surface area (Å²) >= 11 is 0. The van der Waals surface area contributed by atoms with Gasteiger partial charge in [0.25, 0.3) is 11.6 Å². The highest BCUT2D eigenvalue weighted by Gasteiger charge is 2.33. The Hall–Kier alpha value is -3.95. The molecular formula is C22H23N3O7. The number of nitro groups is 1. The van der Waals surface area contributed by atoms with Crippen LogP contribution in [-0.2, 0) is 9.59 Å². The van der Waals surface area contributed by atoms with E-state index < -0.39 is 22.8 Å². The maximum Gasteiger partial charge on any atom is 0.271 e. The van der Waals surface area contributed by atoms with Gasteiger partial charge in [-0.05, 0) is 37.6 Å². The molecule has 0 saturated carbocycles. The number of nitrogens with one attached hydrogen (secondary N) is 1. The number of fused-ring (bicyclic) bond motifs is 1. The summed E-state index contributed by atoms with van der Waals surface area (Å²) in [6.07, 6.45) is 0.219. The minimum atomic E-state index is -0.820. The van der Waals surface area contributed by atoms with Crippen LogP contribution in [0.4, 0.5) is 17.1 Å². The molecule has 10 nitrogen and oxygen atoms in total. The van der Waals surface area contributed by atoms with Gasteiger partial charge in [-0.25, -0.2) is 0 Å². The average molecular weight is 441 g/mol. The minimum Gasteiger partial charge on any atom is -0.495 e. The van der Waals surface area contributed by atoms with Crippen LogP contribution in [0.5, 0.6) is 11.5 Å². The van der Waals surface area contributed by atoms with Gasteiger partial charge in [0.1, 0.15) is 18.0 Å². The summed E-state index contributed by atoms with van der Waals surface area (Å²) in [5.74, 6) is -0.502. The summed E-state index contributed by atoms with van der Waals surface area (Å²) in [5, 5.41) is 13.6. The van der Waals surface area contributed by atoms with Gasteiger partial charge < -0.3 is 14.8 Å². The number of ketones is 1. The minimum absolute atomic E-state index is 0.0768. The summed E-state index contributed by atoms with van der Waals surface area (Å²) in [6, 6.07) is 8.58. The van der Waals surface area contributed by atoms with Crippen LogP contribution in [0.25, 0.3) is 0 Å². The molecule has 1 N–H and O–H groups in total. The molecule has 2 aromatic carbocycles. The zero-order chi connectivity index (χ0) is 23.4. The monoisotopic (exact) mass is 441 g/mol. The molecule has 1 aliphatic rings. The quantitative estimate of drug-likeness (QED) is 0.378. The number of carbonyl (C=O) groups excluding carboxylic acids is 3. The van der Waals surface area contributed by atoms with Crippen molar-refractivity contribution in [1.82, 2.24) is 0 Å². The Morgan fingerprint density at radius 2 is 2.00 bits per heavy atom. The first-order valence-corrected chi connectivity index (χ1v) is 10.0. The first-order valence-electron chi connectivity index (χ1n) is 10.0. The molecule has 1 aliphatic heterocycles. The summed E-state index contributed by atoms with van der Waals surface area (Å²) < 4.78 is 10.8. The van der Waals surface area contributed by atoms with Crippen LogP contribution in [0.2, 0.25) is 0 Å². The maximum atomic E-state index is 12.8. The molecule has 1 atom stereocenters. The van der Waals surface area contributed by atoms with Crippen molar-refractivity contribution in [3.8, 4) is 11.5 Å². The predicted octanol–water partition coefficient (Wildman–Crippen LogP) is 3.34. The van der Waals surface area contributed by atoms with E-state index in [9.17, 15) is 24.5 Å². The molecule has 0 aliphatic carbocycles. The van der Waals surface area contributed by atoms with Crippen LogP contribution in [-0.4, -0.2) is 42.3 Å². The van der Waals surface area contributed by atoms with E-state index in [2.05, 4.69) is 5.32 Å². The van der Waals surface area contributed by atoms with Gasteiger partial charge in [-0.15, -0.1) is 0 Å². The van der Waals surface area contributed by atoms with E-state index in [4.69, 9.17) is 9.47 Å². The lowest BCUT2D eigenvalue weighted by Gasteiger charge is -2.32. The Bertz CT molecular complexity index is 1080. The highest BCUT2D eigenvalue weighted by molar-refractivity contribution is 6.07. The van der Waals surface area contributed by atoms with E-state index in [1.165, 1.54) is 30.2 Å². The van der Waals surface area contributed by atoms with Crippen LogP contribution in [0.1, 0.15) is 37.0 Å². The summed E-state index contributed by atoms with van der Waals surface area (Å²) in [5.41, 5.74) is 0.618. The van der Waals surface area contributed by atoms with Crippen molar-refractivity contribution < 1.29 is 28.8 Å². The third kappa shape index (κ3) is 4.69. The lowest BCUT2D eigenvalue weighted by Crippen LogP contribution is -2.47. The van der Waals surface area contributed by atoms with Gasteiger partial charge >= 0.3 is 0 Å². The molecule has 0 aromatic heterocycles. The van der Waals surface area contributed by atoms with E-state index in [1.807, 2.05) is 6.92 Å². The molecule has 3 rings (SSSR count). The average Bonchev–Trinajstić information content (AvgIpc) is 2.76. The predicted molar refractivity (Wildman–Crippen MR) is 116 cm³/mol. The number of methoxy groups -OCH3 is 1. The number of hydrogen-bond donors (Lipinski definition) is 1. The second-order valence-electron chi connectivity index (χ2n) is 7.23. The largest absolute Gasteiger partial charge is 0.495 e. The van der Waals surface area contributed by atoms with Crippen LogP contribution < -0.4 is 19.7 Å². The molecule has 1 unspecified atom stereocenters. The third-order valence-corrected chi connectivity index (χ3v) is 4.94. The van der Waals surface area contributed by atoms with Crippen LogP contribution in [0.15, 0.2) is 36.4 Å². The molecule has 0 bridgehead atoms. The lowest BCUT2D eigenvalue weighted by atomic mass is 10.0. The van der Waals surface area contributed by atoms with Crippen molar-refractivity contribution in [3.05, 3.63) is 52.1 Å². The van der Waals surface area contributed by atoms with E-state index in [0.717, 1.165) is 0 Å². The van der Waals surface area contributed by atoms with Crippen LogP contribution in [0.3, 0.4) is 0 Å². The number of carbonyl (C=O) groups is 3. The molecule has 0 radical (unpaired) electrons. The van der Waals surface area contributed by atoms with E-state index in [0.29, 0.717) is 29.8 Å². The Kier molecular flexibility index (Phi) is 6.72. The number of non-ortho nitro benzene ring substituents is 1. The van der Waals surface area contributed by atoms with Gasteiger partial charge in [0, 0.05) is 24.1 Å². The van der Waals surface area contributed by atoms with Gasteiger partial charge in [-0.3, -0.25) is 29.4 Å². The zero-order valence-electron chi connectivity index (χ0n) is 17.9. The summed E-state index contributed by atoms with van der Waals surface area (Å²) in [4.78, 5) is 49.6. The molecule has 2 aromatic rings. The maximum absolute atomic E-state index is 12.8. The normalized spacial score (nSPS) is 14.9. The highest BCUT2D eigenvalue weighted by atomic mass is 16.6. The Morgan fingerprint density at radius 3 is 2.66 bits per heavy atom. The summed E-state index contributed by atoms with van der Waals surface area (Å²) in [7, 11) is 1.37. The van der Waals surface area contributed by atoms with Crippen LogP contribution >= 0.6 is 0 Å². The number of amides is 2. The topological polar surface area (TPSA) is 128 Å². The first-order chi connectivity index (χ1) is 15.2. The summed E-state index contributed by atoms with van der Waals surface area (Å²) in [6.45, 7) is 3.08. The van der Waals surface area contributed by atoms with Crippen molar-refractivity contribution in [1.29, 1.82) is 0 Å². The fraction of sp³-hybridized carbons (Fsp3) is 0.318. The Labute approximate surface area is 184 Å². The molecule has 0 fully saturated rings. The van der Waals surface area contributed by atoms with E-state index in [1.54, 1.807) is 25.1 Å². The molecule has 10 heteroatoms. The second-order valence-corrected chi connectivity index (χ2v) is 7.23. The molecule has 1 heterocycles. The Balaban J connectivity index is 1.88. The van der Waals surface area contributed by atoms with Gasteiger partial charge in [0.05, 0.1) is 23.4 Å². The number of benzene rings is 2. The van der Waals surface area contributed by atoms with Crippen molar-refractivity contribution in [3.63, 3.8) is 0 Å². The highest BCUT2D eigenvalue weighted by Crippen LogP contribution is 2.35.